The van der Waals surface area contributed by atoms with Crippen LogP contribution in [0.4, 0.5) is 0 Å². The molecule has 1 aliphatic rings. The fraction of sp³-hybridized carbons (Fsp3) is 0.667. The summed E-state index contributed by atoms with van der Waals surface area (Å²) < 4.78 is 7.23. The van der Waals surface area contributed by atoms with Crippen molar-refractivity contribution in [2.24, 2.45) is 11.7 Å². The van der Waals surface area contributed by atoms with Crippen LogP contribution in [0.25, 0.3) is 0 Å². The lowest BCUT2D eigenvalue weighted by Gasteiger charge is -2.37. The van der Waals surface area contributed by atoms with E-state index in [1.807, 2.05) is 22.6 Å². The largest absolute Gasteiger partial charge is 0.381 e. The highest BCUT2D eigenvalue weighted by Crippen LogP contribution is 2.23. The summed E-state index contributed by atoms with van der Waals surface area (Å²) in [5.41, 5.74) is 6.33. The fourth-order valence-corrected chi connectivity index (χ4v) is 2.99. The third-order valence-electron chi connectivity index (χ3n) is 4.25. The summed E-state index contributed by atoms with van der Waals surface area (Å²) in [4.78, 5) is 25.3. The molecular weight excluding hydrogens is 284 g/mol. The number of hydrogen-bond donors (Lipinski definition) is 1. The van der Waals surface area contributed by atoms with E-state index in [9.17, 15) is 9.59 Å². The molecule has 7 nitrogen and oxygen atoms in total. The van der Waals surface area contributed by atoms with Crippen LogP contribution in [0.1, 0.15) is 25.0 Å². The van der Waals surface area contributed by atoms with E-state index < -0.39 is 0 Å². The number of rotatable bonds is 6. The second-order valence-electron chi connectivity index (χ2n) is 5.78. The molecule has 1 aliphatic heterocycles. The number of primary amides is 1. The fourth-order valence-electron chi connectivity index (χ4n) is 2.99. The van der Waals surface area contributed by atoms with Gasteiger partial charge in [0.1, 0.15) is 0 Å². The summed E-state index contributed by atoms with van der Waals surface area (Å²) in [6.07, 6.45) is 3.11. The Kier molecular flexibility index (Phi) is 5.54. The van der Waals surface area contributed by atoms with Crippen LogP contribution < -0.4 is 5.73 Å². The summed E-state index contributed by atoms with van der Waals surface area (Å²) in [5, 5.41) is 4.18. The maximum atomic E-state index is 12.4. The molecule has 0 aliphatic carbocycles. The van der Waals surface area contributed by atoms with Crippen molar-refractivity contribution >= 4 is 11.8 Å². The zero-order chi connectivity index (χ0) is 16.1. The van der Waals surface area contributed by atoms with Crippen LogP contribution in [0.3, 0.4) is 0 Å². The molecule has 1 fully saturated rings. The standard InChI is InChI=1S/C15H24N4O3/c1-11-3-6-17-19(11)8-5-15(21)18-7-4-13(22-2)12(10-18)9-14(16)20/h3,6,12-13H,4-5,7-10H2,1-2H3,(H2,16,20)/t12-,13-/m1/s1. The first-order chi connectivity index (χ1) is 10.5. The van der Waals surface area contributed by atoms with E-state index in [-0.39, 0.29) is 30.3 Å². The van der Waals surface area contributed by atoms with Crippen molar-refractivity contribution in [2.75, 3.05) is 20.2 Å². The van der Waals surface area contributed by atoms with Crippen LogP contribution in [0.2, 0.25) is 0 Å². The van der Waals surface area contributed by atoms with Crippen molar-refractivity contribution < 1.29 is 14.3 Å². The van der Waals surface area contributed by atoms with E-state index in [1.165, 1.54) is 0 Å². The van der Waals surface area contributed by atoms with Gasteiger partial charge in [0, 0.05) is 57.4 Å². The molecule has 0 bridgehead atoms. The van der Waals surface area contributed by atoms with E-state index >= 15 is 0 Å². The van der Waals surface area contributed by atoms with Crippen LogP contribution in [-0.2, 0) is 20.9 Å². The van der Waals surface area contributed by atoms with Crippen LogP contribution in [-0.4, -0.2) is 52.8 Å². The van der Waals surface area contributed by atoms with Gasteiger partial charge in [-0.2, -0.15) is 5.10 Å². The average Bonchev–Trinajstić information content (AvgIpc) is 2.89. The number of ether oxygens (including phenoxy) is 1. The Morgan fingerprint density at radius 2 is 2.27 bits per heavy atom. The van der Waals surface area contributed by atoms with Gasteiger partial charge < -0.3 is 15.4 Å². The highest BCUT2D eigenvalue weighted by Gasteiger charge is 2.32. The molecule has 2 atom stereocenters. The first kappa shape index (κ1) is 16.5. The number of nitrogens with two attached hydrogens (primary N) is 1. The molecule has 7 heteroatoms. The number of methoxy groups -OCH3 is 1. The highest BCUT2D eigenvalue weighted by molar-refractivity contribution is 5.77. The summed E-state index contributed by atoms with van der Waals surface area (Å²) in [5.74, 6) is -0.293. The quantitative estimate of drug-likeness (QED) is 0.819. The van der Waals surface area contributed by atoms with Crippen molar-refractivity contribution in [3.05, 3.63) is 18.0 Å². The number of nitrogens with zero attached hydrogens (tertiary/aromatic N) is 3. The normalized spacial score (nSPS) is 21.8. The van der Waals surface area contributed by atoms with Crippen LogP contribution in [0.5, 0.6) is 0 Å². The maximum absolute atomic E-state index is 12.4. The molecule has 1 aromatic heterocycles. The van der Waals surface area contributed by atoms with E-state index in [2.05, 4.69) is 5.10 Å². The van der Waals surface area contributed by atoms with Crippen LogP contribution >= 0.6 is 0 Å². The van der Waals surface area contributed by atoms with E-state index in [0.29, 0.717) is 26.1 Å². The van der Waals surface area contributed by atoms with Crippen molar-refractivity contribution in [2.45, 2.75) is 38.8 Å². The van der Waals surface area contributed by atoms with Gasteiger partial charge in [0.25, 0.3) is 0 Å². The average molecular weight is 308 g/mol. The van der Waals surface area contributed by atoms with Crippen molar-refractivity contribution in [3.8, 4) is 0 Å². The first-order valence-electron chi connectivity index (χ1n) is 7.58. The molecule has 22 heavy (non-hydrogen) atoms. The SMILES string of the molecule is CO[C@@H]1CCN(C(=O)CCn2nccc2C)C[C@H]1CC(N)=O. The molecule has 1 aromatic rings. The Balaban J connectivity index is 1.89. The zero-order valence-electron chi connectivity index (χ0n) is 13.2. The number of piperidine rings is 1. The number of hydrogen-bond acceptors (Lipinski definition) is 4. The number of aromatic nitrogens is 2. The number of aryl methyl sites for hydroxylation is 2. The molecule has 2 amide bonds. The van der Waals surface area contributed by atoms with Gasteiger partial charge >= 0.3 is 0 Å². The third kappa shape index (κ3) is 4.07. The first-order valence-corrected chi connectivity index (χ1v) is 7.58. The second-order valence-corrected chi connectivity index (χ2v) is 5.78. The minimum Gasteiger partial charge on any atom is -0.381 e. The van der Waals surface area contributed by atoms with Crippen molar-refractivity contribution in [1.29, 1.82) is 0 Å². The molecule has 0 saturated carbocycles. The van der Waals surface area contributed by atoms with Crippen molar-refractivity contribution in [3.63, 3.8) is 0 Å². The topological polar surface area (TPSA) is 90.4 Å². The summed E-state index contributed by atoms with van der Waals surface area (Å²) >= 11 is 0. The number of amides is 2. The number of carbonyl (C=O) groups is 2. The van der Waals surface area contributed by atoms with E-state index in [4.69, 9.17) is 10.5 Å². The number of carbonyl (C=O) groups excluding carboxylic acids is 2. The van der Waals surface area contributed by atoms with Gasteiger partial charge in [0.2, 0.25) is 11.8 Å². The second kappa shape index (κ2) is 7.40. The smallest absolute Gasteiger partial charge is 0.224 e. The van der Waals surface area contributed by atoms with Gasteiger partial charge in [-0.3, -0.25) is 14.3 Å². The van der Waals surface area contributed by atoms with E-state index in [0.717, 1.165) is 12.1 Å². The zero-order valence-corrected chi connectivity index (χ0v) is 13.2. The van der Waals surface area contributed by atoms with Gasteiger partial charge in [0.05, 0.1) is 6.10 Å². The molecular formula is C15H24N4O3. The van der Waals surface area contributed by atoms with Gasteiger partial charge in [-0.15, -0.1) is 0 Å². The molecule has 2 rings (SSSR count). The lowest BCUT2D eigenvalue weighted by molar-refractivity contribution is -0.137. The monoisotopic (exact) mass is 308 g/mol. The molecule has 0 spiro atoms. The Bertz CT molecular complexity index is 529. The Morgan fingerprint density at radius 1 is 1.50 bits per heavy atom. The van der Waals surface area contributed by atoms with Crippen LogP contribution in [0, 0.1) is 12.8 Å². The van der Waals surface area contributed by atoms with Gasteiger partial charge in [-0.05, 0) is 19.4 Å². The summed E-state index contributed by atoms with van der Waals surface area (Å²) in [6.45, 7) is 3.72. The van der Waals surface area contributed by atoms with E-state index in [1.54, 1.807) is 13.3 Å². The van der Waals surface area contributed by atoms with Crippen LogP contribution in [0.15, 0.2) is 12.3 Å². The van der Waals surface area contributed by atoms with Gasteiger partial charge in [-0.25, -0.2) is 0 Å². The summed E-state index contributed by atoms with van der Waals surface area (Å²) in [7, 11) is 1.64. The maximum Gasteiger partial charge on any atom is 0.224 e. The minimum absolute atomic E-state index is 0.00934. The molecule has 122 valence electrons. The van der Waals surface area contributed by atoms with Gasteiger partial charge in [0.15, 0.2) is 0 Å². The molecule has 2 heterocycles. The highest BCUT2D eigenvalue weighted by atomic mass is 16.5. The molecule has 1 saturated heterocycles. The third-order valence-corrected chi connectivity index (χ3v) is 4.25. The lowest BCUT2D eigenvalue weighted by atomic mass is 9.91. The Labute approximate surface area is 130 Å². The van der Waals surface area contributed by atoms with Gasteiger partial charge in [-0.1, -0.05) is 0 Å². The molecule has 2 N–H and O–H groups in total. The molecule has 0 unspecified atom stereocenters. The van der Waals surface area contributed by atoms with Crippen molar-refractivity contribution in [1.82, 2.24) is 14.7 Å². The predicted octanol–water partition coefficient (Wildman–Crippen LogP) is 0.321. The number of likely N-dealkylation sites (tertiary alicyclic amines) is 1. The minimum atomic E-state index is -0.353. The lowest BCUT2D eigenvalue weighted by Crippen LogP contribution is -2.47. The molecule has 0 aromatic carbocycles. The predicted molar refractivity (Wildman–Crippen MR) is 80.9 cm³/mol. The summed E-state index contributed by atoms with van der Waals surface area (Å²) in [6, 6.07) is 1.91. The Hall–Kier alpha value is -1.89. The Morgan fingerprint density at radius 3 is 2.86 bits per heavy atom. The molecule has 0 radical (unpaired) electrons.